The Bertz CT molecular complexity index is 374. The largest absolute Gasteiger partial charge is 0.360 e. The van der Waals surface area contributed by atoms with Gasteiger partial charge in [-0.25, -0.2) is 4.98 Å². The van der Waals surface area contributed by atoms with Crippen LogP contribution in [-0.4, -0.2) is 18.6 Å². The van der Waals surface area contributed by atoms with E-state index in [1.807, 2.05) is 0 Å². The van der Waals surface area contributed by atoms with E-state index < -0.39 is 0 Å². The zero-order valence-corrected chi connectivity index (χ0v) is 10.3. The number of hydrogen-bond donors (Lipinski definition) is 1. The minimum absolute atomic E-state index is 0.583. The fourth-order valence-electron chi connectivity index (χ4n) is 2.30. The van der Waals surface area contributed by atoms with Gasteiger partial charge in [0.2, 0.25) is 0 Å². The number of fused-ring (bicyclic) bond motifs is 1. The molecule has 1 aromatic rings. The van der Waals surface area contributed by atoms with Gasteiger partial charge in [-0.2, -0.15) is 0 Å². The Morgan fingerprint density at radius 2 is 2.12 bits per heavy atom. The summed E-state index contributed by atoms with van der Waals surface area (Å²) in [6.07, 6.45) is 4.87. The SMILES string of the molecule is CCN(C)c1nc2c(cc1CN)CCCC2. The topological polar surface area (TPSA) is 42.2 Å². The van der Waals surface area contributed by atoms with Crippen LogP contribution in [0.15, 0.2) is 6.07 Å². The Kier molecular flexibility index (Phi) is 3.44. The van der Waals surface area contributed by atoms with Crippen LogP contribution in [0.5, 0.6) is 0 Å². The lowest BCUT2D eigenvalue weighted by molar-refractivity contribution is 0.664. The Balaban J connectivity index is 2.43. The standard InChI is InChI=1S/C13H21N3/c1-3-16(2)13-11(9-14)8-10-6-4-5-7-12(10)15-13/h8H,3-7,9,14H2,1-2H3. The Morgan fingerprint density at radius 1 is 1.38 bits per heavy atom. The van der Waals surface area contributed by atoms with Crippen molar-refractivity contribution in [3.63, 3.8) is 0 Å². The Labute approximate surface area is 97.7 Å². The van der Waals surface area contributed by atoms with Crippen molar-refractivity contribution in [3.8, 4) is 0 Å². The molecule has 1 aromatic heterocycles. The molecule has 0 unspecified atom stereocenters. The molecule has 3 heteroatoms. The first-order chi connectivity index (χ1) is 7.76. The van der Waals surface area contributed by atoms with Gasteiger partial charge in [0.15, 0.2) is 0 Å². The Morgan fingerprint density at radius 3 is 2.81 bits per heavy atom. The van der Waals surface area contributed by atoms with Gasteiger partial charge in [-0.15, -0.1) is 0 Å². The number of aromatic nitrogens is 1. The number of anilines is 1. The fraction of sp³-hybridized carbons (Fsp3) is 0.615. The van der Waals surface area contributed by atoms with E-state index in [-0.39, 0.29) is 0 Å². The van der Waals surface area contributed by atoms with Crippen LogP contribution in [0.25, 0.3) is 0 Å². The third-order valence-electron chi connectivity index (χ3n) is 3.41. The molecule has 0 saturated heterocycles. The van der Waals surface area contributed by atoms with Crippen molar-refractivity contribution < 1.29 is 0 Å². The number of rotatable bonds is 3. The molecule has 0 radical (unpaired) electrons. The molecule has 0 aromatic carbocycles. The van der Waals surface area contributed by atoms with Crippen molar-refractivity contribution in [1.82, 2.24) is 4.98 Å². The van der Waals surface area contributed by atoms with Crippen molar-refractivity contribution in [2.45, 2.75) is 39.2 Å². The van der Waals surface area contributed by atoms with Gasteiger partial charge in [-0.05, 0) is 44.2 Å². The highest BCUT2D eigenvalue weighted by molar-refractivity contribution is 5.49. The van der Waals surface area contributed by atoms with Crippen LogP contribution in [0.3, 0.4) is 0 Å². The monoisotopic (exact) mass is 219 g/mol. The van der Waals surface area contributed by atoms with Crippen LogP contribution in [0, 0.1) is 0 Å². The third-order valence-corrected chi connectivity index (χ3v) is 3.41. The van der Waals surface area contributed by atoms with Gasteiger partial charge in [0.05, 0.1) is 0 Å². The zero-order chi connectivity index (χ0) is 11.5. The molecule has 16 heavy (non-hydrogen) atoms. The van der Waals surface area contributed by atoms with E-state index in [4.69, 9.17) is 10.7 Å². The van der Waals surface area contributed by atoms with Gasteiger partial charge in [-0.3, -0.25) is 0 Å². The van der Waals surface area contributed by atoms with Crippen molar-refractivity contribution in [3.05, 3.63) is 22.9 Å². The minimum atomic E-state index is 0.583. The van der Waals surface area contributed by atoms with Crippen LogP contribution >= 0.6 is 0 Å². The molecular formula is C13H21N3. The van der Waals surface area contributed by atoms with Crippen LogP contribution in [-0.2, 0) is 19.4 Å². The highest BCUT2D eigenvalue weighted by Gasteiger charge is 2.15. The molecule has 1 aliphatic carbocycles. The quantitative estimate of drug-likeness (QED) is 0.844. The summed E-state index contributed by atoms with van der Waals surface area (Å²) >= 11 is 0. The highest BCUT2D eigenvalue weighted by Crippen LogP contribution is 2.25. The predicted octanol–water partition coefficient (Wildman–Crippen LogP) is 1.88. The molecule has 2 N–H and O–H groups in total. The summed E-state index contributed by atoms with van der Waals surface area (Å²) in [6.45, 7) is 3.69. The van der Waals surface area contributed by atoms with Crippen molar-refractivity contribution in [1.29, 1.82) is 0 Å². The first kappa shape index (κ1) is 11.4. The summed E-state index contributed by atoms with van der Waals surface area (Å²) in [5.74, 6) is 1.07. The second-order valence-corrected chi connectivity index (χ2v) is 4.50. The van der Waals surface area contributed by atoms with Gasteiger partial charge >= 0.3 is 0 Å². The van der Waals surface area contributed by atoms with Gasteiger partial charge in [0, 0.05) is 31.4 Å². The maximum Gasteiger partial charge on any atom is 0.133 e. The highest BCUT2D eigenvalue weighted by atomic mass is 15.2. The molecule has 1 heterocycles. The second kappa shape index (κ2) is 4.83. The fourth-order valence-corrected chi connectivity index (χ4v) is 2.30. The number of nitrogens with zero attached hydrogens (tertiary/aromatic N) is 2. The van der Waals surface area contributed by atoms with Crippen LogP contribution < -0.4 is 10.6 Å². The lowest BCUT2D eigenvalue weighted by atomic mass is 9.94. The van der Waals surface area contributed by atoms with E-state index in [9.17, 15) is 0 Å². The predicted molar refractivity (Wildman–Crippen MR) is 67.7 cm³/mol. The summed E-state index contributed by atoms with van der Waals surface area (Å²) in [6, 6.07) is 2.27. The molecule has 0 amide bonds. The van der Waals surface area contributed by atoms with E-state index >= 15 is 0 Å². The molecule has 0 aliphatic heterocycles. The number of aryl methyl sites for hydroxylation is 2. The number of nitrogens with two attached hydrogens (primary N) is 1. The molecule has 0 atom stereocenters. The van der Waals surface area contributed by atoms with Crippen LogP contribution in [0.4, 0.5) is 5.82 Å². The smallest absolute Gasteiger partial charge is 0.133 e. The number of pyridine rings is 1. The lowest BCUT2D eigenvalue weighted by Gasteiger charge is -2.23. The second-order valence-electron chi connectivity index (χ2n) is 4.50. The van der Waals surface area contributed by atoms with E-state index in [2.05, 4.69) is 24.9 Å². The van der Waals surface area contributed by atoms with Crippen molar-refractivity contribution in [2.24, 2.45) is 5.73 Å². The molecule has 2 rings (SSSR count). The Hall–Kier alpha value is -1.09. The van der Waals surface area contributed by atoms with Crippen molar-refractivity contribution in [2.75, 3.05) is 18.5 Å². The van der Waals surface area contributed by atoms with Gasteiger partial charge in [0.25, 0.3) is 0 Å². The van der Waals surface area contributed by atoms with Crippen LogP contribution in [0.2, 0.25) is 0 Å². The average Bonchev–Trinajstić information content (AvgIpc) is 2.36. The summed E-state index contributed by atoms with van der Waals surface area (Å²) in [4.78, 5) is 6.98. The maximum atomic E-state index is 5.81. The number of hydrogen-bond acceptors (Lipinski definition) is 3. The van der Waals surface area contributed by atoms with Gasteiger partial charge < -0.3 is 10.6 Å². The molecule has 0 spiro atoms. The molecule has 0 bridgehead atoms. The molecule has 3 nitrogen and oxygen atoms in total. The molecule has 0 saturated carbocycles. The third kappa shape index (κ3) is 2.05. The van der Waals surface area contributed by atoms with Gasteiger partial charge in [0.1, 0.15) is 5.82 Å². The van der Waals surface area contributed by atoms with E-state index in [0.717, 1.165) is 18.8 Å². The van der Waals surface area contributed by atoms with Crippen molar-refractivity contribution >= 4 is 5.82 Å². The summed E-state index contributed by atoms with van der Waals surface area (Å²) in [5.41, 5.74) is 9.70. The lowest BCUT2D eigenvalue weighted by Crippen LogP contribution is -2.22. The molecular weight excluding hydrogens is 198 g/mol. The molecule has 1 aliphatic rings. The van der Waals surface area contributed by atoms with E-state index in [1.54, 1.807) is 0 Å². The maximum absolute atomic E-state index is 5.81. The van der Waals surface area contributed by atoms with E-state index in [0.29, 0.717) is 6.54 Å². The minimum Gasteiger partial charge on any atom is -0.360 e. The molecule has 88 valence electrons. The van der Waals surface area contributed by atoms with E-state index in [1.165, 1.54) is 36.1 Å². The summed E-state index contributed by atoms with van der Waals surface area (Å²) in [5, 5.41) is 0. The summed E-state index contributed by atoms with van der Waals surface area (Å²) < 4.78 is 0. The van der Waals surface area contributed by atoms with Gasteiger partial charge in [-0.1, -0.05) is 0 Å². The average molecular weight is 219 g/mol. The first-order valence-corrected chi connectivity index (χ1v) is 6.19. The molecule has 0 fully saturated rings. The van der Waals surface area contributed by atoms with Crippen LogP contribution in [0.1, 0.15) is 36.6 Å². The zero-order valence-electron chi connectivity index (χ0n) is 10.3. The first-order valence-electron chi connectivity index (χ1n) is 6.19. The normalized spacial score (nSPS) is 14.7. The summed E-state index contributed by atoms with van der Waals surface area (Å²) in [7, 11) is 2.08.